The molecule has 2 heterocycles. The third-order valence-electron chi connectivity index (χ3n) is 3.66. The van der Waals surface area contributed by atoms with Crippen LogP contribution in [0.25, 0.3) is 0 Å². The summed E-state index contributed by atoms with van der Waals surface area (Å²) in [6.45, 7) is 3.18. The molecule has 1 amide bonds. The summed E-state index contributed by atoms with van der Waals surface area (Å²) < 4.78 is 1.35. The van der Waals surface area contributed by atoms with Crippen molar-refractivity contribution < 1.29 is 9.59 Å². The van der Waals surface area contributed by atoms with Crippen molar-refractivity contribution in [3.8, 4) is 0 Å². The van der Waals surface area contributed by atoms with Crippen LogP contribution in [0.5, 0.6) is 0 Å². The van der Waals surface area contributed by atoms with Crippen molar-refractivity contribution in [3.63, 3.8) is 0 Å². The van der Waals surface area contributed by atoms with E-state index in [9.17, 15) is 9.59 Å². The fraction of sp³-hybridized carbons (Fsp3) is 0.286. The van der Waals surface area contributed by atoms with Gasteiger partial charge in [-0.15, -0.1) is 0 Å². The van der Waals surface area contributed by atoms with Crippen molar-refractivity contribution in [2.24, 2.45) is 5.41 Å². The molecule has 0 spiro atoms. The van der Waals surface area contributed by atoms with E-state index in [4.69, 9.17) is 23.2 Å². The number of ketones is 1. The van der Waals surface area contributed by atoms with E-state index in [-0.39, 0.29) is 11.7 Å². The van der Waals surface area contributed by atoms with Crippen LogP contribution in [0.3, 0.4) is 0 Å². The molecule has 2 aromatic rings. The summed E-state index contributed by atoms with van der Waals surface area (Å²) in [5, 5.41) is 4.75. The van der Waals surface area contributed by atoms with Crippen molar-refractivity contribution in [2.45, 2.75) is 20.0 Å². The largest absolute Gasteiger partial charge is 0.294 e. The van der Waals surface area contributed by atoms with Gasteiger partial charge in [0.25, 0.3) is 0 Å². The van der Waals surface area contributed by atoms with E-state index in [1.807, 2.05) is 0 Å². The lowest BCUT2D eigenvalue weighted by molar-refractivity contribution is -0.133. The van der Waals surface area contributed by atoms with E-state index in [1.165, 1.54) is 22.2 Å². The number of carbonyl (C=O) groups excluding carboxylic acids is 2. The third-order valence-corrected chi connectivity index (χ3v) is 4.10. The second-order valence-corrected chi connectivity index (χ2v) is 6.41. The van der Waals surface area contributed by atoms with Crippen LogP contribution in [0, 0.1) is 5.41 Å². The van der Waals surface area contributed by atoms with Gasteiger partial charge in [0, 0.05) is 15.7 Å². The molecule has 1 atom stereocenters. The highest BCUT2D eigenvalue weighted by atomic mass is 35.5. The molecular formula is C14H12Cl2N4O2. The minimum absolute atomic E-state index is 0.265. The zero-order valence-electron chi connectivity index (χ0n) is 11.8. The average molecular weight is 339 g/mol. The Kier molecular flexibility index (Phi) is 3.45. The Morgan fingerprint density at radius 1 is 1.14 bits per heavy atom. The molecule has 3 rings (SSSR count). The van der Waals surface area contributed by atoms with Crippen LogP contribution in [0.2, 0.25) is 10.0 Å². The first-order valence-corrected chi connectivity index (χ1v) is 7.26. The lowest BCUT2D eigenvalue weighted by atomic mass is 9.90. The van der Waals surface area contributed by atoms with Gasteiger partial charge in [-0.05, 0) is 32.0 Å². The molecule has 1 aromatic heterocycles. The maximum absolute atomic E-state index is 12.7. The van der Waals surface area contributed by atoms with Gasteiger partial charge in [-0.3, -0.25) is 14.5 Å². The molecule has 1 aliphatic heterocycles. The highest BCUT2D eigenvalue weighted by Crippen LogP contribution is 2.41. The van der Waals surface area contributed by atoms with Gasteiger partial charge in [0.2, 0.25) is 5.91 Å². The number of nitrogens with zero attached hydrogens (tertiary/aromatic N) is 4. The van der Waals surface area contributed by atoms with Crippen molar-refractivity contribution in [2.75, 3.05) is 4.90 Å². The van der Waals surface area contributed by atoms with Crippen molar-refractivity contribution in [3.05, 3.63) is 40.9 Å². The Labute approximate surface area is 136 Å². The van der Waals surface area contributed by atoms with Gasteiger partial charge in [-0.2, -0.15) is 5.10 Å². The Hall–Kier alpha value is -1.92. The van der Waals surface area contributed by atoms with E-state index in [0.717, 1.165) is 0 Å². The van der Waals surface area contributed by atoms with E-state index in [2.05, 4.69) is 10.1 Å². The Bertz CT molecular complexity index is 738. The first-order chi connectivity index (χ1) is 10.3. The number of anilines is 1. The average Bonchev–Trinajstić information content (AvgIpc) is 3.00. The maximum Gasteiger partial charge on any atom is 0.242 e. The van der Waals surface area contributed by atoms with Gasteiger partial charge in [-0.1, -0.05) is 23.2 Å². The number of carbonyl (C=O) groups is 2. The molecule has 22 heavy (non-hydrogen) atoms. The first kappa shape index (κ1) is 15.0. The maximum atomic E-state index is 12.7. The summed E-state index contributed by atoms with van der Waals surface area (Å²) >= 11 is 12.0. The number of Topliss-reactive ketones (excluding diaryl/α,β-unsaturated/α-hetero) is 1. The van der Waals surface area contributed by atoms with E-state index in [1.54, 1.807) is 32.0 Å². The topological polar surface area (TPSA) is 68.1 Å². The van der Waals surface area contributed by atoms with Gasteiger partial charge in [0.05, 0.1) is 0 Å². The third kappa shape index (κ3) is 2.19. The standard InChI is InChI=1S/C14H12Cl2N4O2/c1-14(2)11(21)12(19-7-17-6-18-19)20(13(14)22)10-4-8(15)3-9(16)5-10/h3-7,12H,1-2H3. The monoisotopic (exact) mass is 338 g/mol. The number of benzene rings is 1. The zero-order chi connectivity index (χ0) is 16.1. The van der Waals surface area contributed by atoms with Gasteiger partial charge in [-0.25, -0.2) is 9.67 Å². The molecule has 6 nitrogen and oxygen atoms in total. The van der Waals surface area contributed by atoms with Crippen LogP contribution < -0.4 is 4.90 Å². The predicted octanol–water partition coefficient (Wildman–Crippen LogP) is 2.73. The van der Waals surface area contributed by atoms with E-state index >= 15 is 0 Å². The minimum atomic E-state index is -1.16. The van der Waals surface area contributed by atoms with Gasteiger partial charge in [0.1, 0.15) is 18.1 Å². The number of aromatic nitrogens is 3. The molecule has 114 valence electrons. The molecule has 8 heteroatoms. The fourth-order valence-corrected chi connectivity index (χ4v) is 2.99. The smallest absolute Gasteiger partial charge is 0.242 e. The van der Waals surface area contributed by atoms with Crippen LogP contribution >= 0.6 is 23.2 Å². The SMILES string of the molecule is CC1(C)C(=O)C(n2cncn2)N(c2cc(Cl)cc(Cl)c2)C1=O. The molecule has 1 saturated heterocycles. The quantitative estimate of drug-likeness (QED) is 0.789. The zero-order valence-corrected chi connectivity index (χ0v) is 13.3. The van der Waals surface area contributed by atoms with Crippen molar-refractivity contribution >= 4 is 40.6 Å². The molecular weight excluding hydrogens is 327 g/mol. The number of hydrogen-bond donors (Lipinski definition) is 0. The van der Waals surface area contributed by atoms with E-state index < -0.39 is 11.6 Å². The second-order valence-electron chi connectivity index (χ2n) is 5.54. The van der Waals surface area contributed by atoms with E-state index in [0.29, 0.717) is 15.7 Å². The molecule has 1 fully saturated rings. The Morgan fingerprint density at radius 3 is 2.32 bits per heavy atom. The highest BCUT2D eigenvalue weighted by molar-refractivity contribution is 6.35. The van der Waals surface area contributed by atoms with Gasteiger partial charge >= 0.3 is 0 Å². The van der Waals surface area contributed by atoms with Gasteiger partial charge < -0.3 is 0 Å². The summed E-state index contributed by atoms with van der Waals surface area (Å²) in [7, 11) is 0. The Morgan fingerprint density at radius 2 is 1.77 bits per heavy atom. The van der Waals surface area contributed by atoms with Crippen LogP contribution in [-0.4, -0.2) is 26.5 Å². The molecule has 0 aliphatic carbocycles. The number of rotatable bonds is 2. The molecule has 0 radical (unpaired) electrons. The summed E-state index contributed by atoms with van der Waals surface area (Å²) in [5.41, 5.74) is -0.715. The first-order valence-electron chi connectivity index (χ1n) is 6.50. The minimum Gasteiger partial charge on any atom is -0.294 e. The second kappa shape index (κ2) is 5.07. The summed E-state index contributed by atoms with van der Waals surface area (Å²) in [6, 6.07) is 4.73. The molecule has 1 aliphatic rings. The number of amides is 1. The molecule has 0 N–H and O–H groups in total. The van der Waals surface area contributed by atoms with Crippen LogP contribution in [0.4, 0.5) is 5.69 Å². The number of hydrogen-bond acceptors (Lipinski definition) is 4. The molecule has 0 bridgehead atoms. The summed E-state index contributed by atoms with van der Waals surface area (Å²) in [5.74, 6) is -0.601. The summed E-state index contributed by atoms with van der Waals surface area (Å²) in [6.07, 6.45) is 1.81. The molecule has 0 saturated carbocycles. The lowest BCUT2D eigenvalue weighted by Gasteiger charge is -2.24. The van der Waals surface area contributed by atoms with Crippen LogP contribution in [0.1, 0.15) is 20.0 Å². The lowest BCUT2D eigenvalue weighted by Crippen LogP contribution is -2.34. The summed E-state index contributed by atoms with van der Waals surface area (Å²) in [4.78, 5) is 30.6. The van der Waals surface area contributed by atoms with Crippen LogP contribution in [-0.2, 0) is 9.59 Å². The van der Waals surface area contributed by atoms with Gasteiger partial charge in [0.15, 0.2) is 11.9 Å². The normalized spacial score (nSPS) is 20.7. The number of halogens is 2. The van der Waals surface area contributed by atoms with Crippen molar-refractivity contribution in [1.29, 1.82) is 0 Å². The van der Waals surface area contributed by atoms with Crippen molar-refractivity contribution in [1.82, 2.24) is 14.8 Å². The fourth-order valence-electron chi connectivity index (χ4n) is 2.48. The predicted molar refractivity (Wildman–Crippen MR) is 81.8 cm³/mol. The molecule has 1 aromatic carbocycles. The molecule has 1 unspecified atom stereocenters. The highest BCUT2D eigenvalue weighted by Gasteiger charge is 2.55. The Balaban J connectivity index is 2.17. The van der Waals surface area contributed by atoms with Crippen LogP contribution in [0.15, 0.2) is 30.9 Å².